The number of hydrogen-bond acceptors (Lipinski definition) is 6. The van der Waals surface area contributed by atoms with Crippen molar-refractivity contribution in [3.63, 3.8) is 0 Å². The second-order valence-corrected chi connectivity index (χ2v) is 13.5. The first-order valence-corrected chi connectivity index (χ1v) is 16.2. The number of carbonyl (C=O) groups excluding carboxylic acids is 4. The Labute approximate surface area is 265 Å². The standard InChI is InChI=1S/C34H48N4O7/c1-5-6-7-8-9-14-24-20-34(24,31(42)43)36-29(40)26-16-12-18-38(26)28(39)21-35-32(44)45-27(33(2,3)4)22-37-19-17-23-13-10-11-15-25(23)30(37)41/h9-11,13-15,24,26-27H,5-8,12,16-22H2,1-4H3,(H,35,44)(H,36,40)(H,42,43)/b14-9-/t24?,26-,27+,34+/m0/s1. The van der Waals surface area contributed by atoms with Crippen molar-refractivity contribution in [1.82, 2.24) is 20.4 Å². The van der Waals surface area contributed by atoms with E-state index in [4.69, 9.17) is 4.74 Å². The summed E-state index contributed by atoms with van der Waals surface area (Å²) in [5.41, 5.74) is -0.178. The van der Waals surface area contributed by atoms with Gasteiger partial charge in [-0.25, -0.2) is 9.59 Å². The third-order valence-corrected chi connectivity index (χ3v) is 9.13. The van der Waals surface area contributed by atoms with Crippen molar-refractivity contribution < 1.29 is 33.8 Å². The number of carbonyl (C=O) groups is 5. The van der Waals surface area contributed by atoms with Gasteiger partial charge in [0, 0.05) is 30.0 Å². The number of unbranched alkanes of at least 4 members (excludes halogenated alkanes) is 3. The number of nitrogens with one attached hydrogen (secondary N) is 2. The van der Waals surface area contributed by atoms with Crippen LogP contribution < -0.4 is 10.6 Å². The molecule has 11 heteroatoms. The highest BCUT2D eigenvalue weighted by Crippen LogP contribution is 2.45. The highest BCUT2D eigenvalue weighted by Gasteiger charge is 2.61. The molecule has 2 aliphatic heterocycles. The summed E-state index contributed by atoms with van der Waals surface area (Å²) in [6, 6.07) is 6.68. The summed E-state index contributed by atoms with van der Waals surface area (Å²) >= 11 is 0. The highest BCUT2D eigenvalue weighted by molar-refractivity contribution is 5.97. The third kappa shape index (κ3) is 8.23. The van der Waals surface area contributed by atoms with Crippen LogP contribution in [0.3, 0.4) is 0 Å². The topological polar surface area (TPSA) is 145 Å². The zero-order chi connectivity index (χ0) is 32.8. The molecule has 1 aliphatic carbocycles. The maximum Gasteiger partial charge on any atom is 0.407 e. The average Bonchev–Trinajstić information content (AvgIpc) is 3.46. The summed E-state index contributed by atoms with van der Waals surface area (Å²) in [5.74, 6) is -2.41. The minimum Gasteiger partial charge on any atom is -0.479 e. The number of alkyl carbamates (subject to hydrolysis) is 1. The molecule has 4 amide bonds. The van der Waals surface area contributed by atoms with E-state index in [1.807, 2.05) is 51.1 Å². The van der Waals surface area contributed by atoms with Gasteiger partial charge in [0.15, 0.2) is 0 Å². The zero-order valence-corrected chi connectivity index (χ0v) is 27.0. The van der Waals surface area contributed by atoms with E-state index in [0.29, 0.717) is 44.3 Å². The number of benzene rings is 1. The van der Waals surface area contributed by atoms with Crippen LogP contribution in [-0.2, 0) is 25.5 Å². The quantitative estimate of drug-likeness (QED) is 0.223. The molecule has 11 nitrogen and oxygen atoms in total. The fourth-order valence-electron chi connectivity index (χ4n) is 6.13. The molecule has 1 unspecified atom stereocenters. The molecule has 2 fully saturated rings. The predicted molar refractivity (Wildman–Crippen MR) is 168 cm³/mol. The molecule has 45 heavy (non-hydrogen) atoms. The molecule has 1 aromatic rings. The number of nitrogens with zero attached hydrogens (tertiary/aromatic N) is 2. The maximum atomic E-state index is 13.2. The second-order valence-electron chi connectivity index (χ2n) is 13.5. The lowest BCUT2D eigenvalue weighted by Gasteiger charge is -2.36. The van der Waals surface area contributed by atoms with E-state index in [2.05, 4.69) is 17.6 Å². The van der Waals surface area contributed by atoms with Crippen LogP contribution in [0.5, 0.6) is 0 Å². The number of allylic oxidation sites excluding steroid dienone is 1. The second kappa shape index (κ2) is 14.5. The van der Waals surface area contributed by atoms with Crippen LogP contribution in [0.15, 0.2) is 36.4 Å². The summed E-state index contributed by atoms with van der Waals surface area (Å²) in [6.07, 6.45) is 8.60. The molecule has 1 saturated heterocycles. The summed E-state index contributed by atoms with van der Waals surface area (Å²) < 4.78 is 5.74. The Kier molecular flexibility index (Phi) is 10.9. The number of carboxylic acid groups (broad SMARTS) is 1. The van der Waals surface area contributed by atoms with Crippen molar-refractivity contribution in [2.75, 3.05) is 26.2 Å². The van der Waals surface area contributed by atoms with E-state index in [9.17, 15) is 29.1 Å². The molecule has 0 bridgehead atoms. The van der Waals surface area contributed by atoms with Crippen LogP contribution in [-0.4, -0.2) is 88.6 Å². The van der Waals surface area contributed by atoms with Gasteiger partial charge in [0.1, 0.15) is 24.2 Å². The van der Waals surface area contributed by atoms with Crippen molar-refractivity contribution in [2.45, 2.75) is 96.7 Å². The van der Waals surface area contributed by atoms with Crippen molar-refractivity contribution in [3.8, 4) is 0 Å². The number of ether oxygens (including phenoxy) is 1. The molecule has 0 radical (unpaired) electrons. The number of fused-ring (bicyclic) bond motifs is 1. The zero-order valence-electron chi connectivity index (χ0n) is 27.0. The normalized spacial score (nSPS) is 23.4. The molecule has 3 aliphatic rings. The maximum absolute atomic E-state index is 13.2. The van der Waals surface area contributed by atoms with Gasteiger partial charge >= 0.3 is 12.1 Å². The molecule has 3 N–H and O–H groups in total. The van der Waals surface area contributed by atoms with Crippen LogP contribution >= 0.6 is 0 Å². The minimum absolute atomic E-state index is 0.103. The van der Waals surface area contributed by atoms with Gasteiger partial charge in [-0.2, -0.15) is 0 Å². The summed E-state index contributed by atoms with van der Waals surface area (Å²) in [6.45, 7) is 8.57. The average molecular weight is 625 g/mol. The first-order chi connectivity index (χ1) is 21.4. The largest absolute Gasteiger partial charge is 0.479 e. The van der Waals surface area contributed by atoms with Crippen LogP contribution in [0.25, 0.3) is 0 Å². The summed E-state index contributed by atoms with van der Waals surface area (Å²) in [5, 5.41) is 15.1. The van der Waals surface area contributed by atoms with E-state index in [0.717, 1.165) is 31.2 Å². The van der Waals surface area contributed by atoms with Gasteiger partial charge < -0.3 is 30.3 Å². The molecule has 4 rings (SSSR count). The van der Waals surface area contributed by atoms with Gasteiger partial charge in [-0.3, -0.25) is 14.4 Å². The van der Waals surface area contributed by atoms with Crippen molar-refractivity contribution in [3.05, 3.63) is 47.5 Å². The molecule has 2 heterocycles. The molecule has 1 saturated carbocycles. The van der Waals surface area contributed by atoms with Gasteiger partial charge in [0.05, 0.1) is 6.54 Å². The fraction of sp³-hybridized carbons (Fsp3) is 0.618. The third-order valence-electron chi connectivity index (χ3n) is 9.13. The Morgan fingerprint density at radius 2 is 1.91 bits per heavy atom. The Hall–Kier alpha value is -3.89. The number of carboxylic acids is 1. The Bertz CT molecular complexity index is 1310. The summed E-state index contributed by atoms with van der Waals surface area (Å²) in [7, 11) is 0. The first-order valence-electron chi connectivity index (χ1n) is 16.2. The van der Waals surface area contributed by atoms with Gasteiger partial charge in [-0.05, 0) is 50.2 Å². The van der Waals surface area contributed by atoms with Gasteiger partial charge in [0.25, 0.3) is 5.91 Å². The van der Waals surface area contributed by atoms with E-state index >= 15 is 0 Å². The minimum atomic E-state index is -1.35. The van der Waals surface area contributed by atoms with Crippen molar-refractivity contribution >= 4 is 29.8 Å². The number of aliphatic carboxylic acids is 1. The Morgan fingerprint density at radius 1 is 1.16 bits per heavy atom. The number of amides is 4. The number of rotatable bonds is 13. The Balaban J connectivity index is 1.29. The molecule has 0 spiro atoms. The summed E-state index contributed by atoms with van der Waals surface area (Å²) in [4.78, 5) is 67.5. The number of hydrogen-bond donors (Lipinski definition) is 3. The molecule has 1 aromatic carbocycles. The van der Waals surface area contributed by atoms with Gasteiger partial charge in [-0.1, -0.05) is 70.9 Å². The fourth-order valence-corrected chi connectivity index (χ4v) is 6.13. The van der Waals surface area contributed by atoms with E-state index in [1.54, 1.807) is 11.0 Å². The van der Waals surface area contributed by atoms with Crippen LogP contribution in [0.4, 0.5) is 4.79 Å². The van der Waals surface area contributed by atoms with E-state index in [1.165, 1.54) is 4.90 Å². The first kappa shape index (κ1) is 34.0. The van der Waals surface area contributed by atoms with E-state index in [-0.39, 0.29) is 24.9 Å². The van der Waals surface area contributed by atoms with Crippen LogP contribution in [0.2, 0.25) is 0 Å². The molecule has 4 atom stereocenters. The van der Waals surface area contributed by atoms with Crippen LogP contribution in [0.1, 0.15) is 88.6 Å². The Morgan fingerprint density at radius 3 is 2.62 bits per heavy atom. The monoisotopic (exact) mass is 624 g/mol. The van der Waals surface area contributed by atoms with Gasteiger partial charge in [0.2, 0.25) is 11.8 Å². The molecule has 0 aromatic heterocycles. The molecular formula is C34H48N4O7. The van der Waals surface area contributed by atoms with E-state index < -0.39 is 47.0 Å². The lowest BCUT2D eigenvalue weighted by molar-refractivity contribution is -0.145. The highest BCUT2D eigenvalue weighted by atomic mass is 16.6. The van der Waals surface area contributed by atoms with Crippen molar-refractivity contribution in [1.29, 1.82) is 0 Å². The van der Waals surface area contributed by atoms with Gasteiger partial charge in [-0.15, -0.1) is 0 Å². The lowest BCUT2D eigenvalue weighted by Crippen LogP contribution is -2.54. The van der Waals surface area contributed by atoms with Crippen LogP contribution in [0, 0.1) is 11.3 Å². The lowest BCUT2D eigenvalue weighted by atomic mass is 9.88. The predicted octanol–water partition coefficient (Wildman–Crippen LogP) is 3.91. The smallest absolute Gasteiger partial charge is 0.407 e. The molecular weight excluding hydrogens is 576 g/mol. The molecule has 246 valence electrons. The van der Waals surface area contributed by atoms with Crippen molar-refractivity contribution in [2.24, 2.45) is 11.3 Å². The SMILES string of the molecule is CCCCC/C=C\C1C[C@]1(NC(=O)[C@@H]1CCCN1C(=O)CNC(=O)O[C@H](CN1CCc2ccccc2C1=O)C(C)(C)C)C(=O)O. The number of likely N-dealkylation sites (tertiary alicyclic amines) is 1.